The molecule has 1 fully saturated rings. The van der Waals surface area contributed by atoms with E-state index < -0.39 is 0 Å². The molecule has 2 heterocycles. The van der Waals surface area contributed by atoms with E-state index in [1.165, 1.54) is 0 Å². The van der Waals surface area contributed by atoms with Crippen LogP contribution in [0.25, 0.3) is 0 Å². The van der Waals surface area contributed by atoms with E-state index in [2.05, 4.69) is 26.3 Å². The third-order valence-corrected chi connectivity index (χ3v) is 4.04. The van der Waals surface area contributed by atoms with Gasteiger partial charge in [-0.25, -0.2) is 9.78 Å². The first-order chi connectivity index (χ1) is 12.0. The number of pyridine rings is 1. The van der Waals surface area contributed by atoms with E-state index in [0.29, 0.717) is 26.2 Å². The molecule has 0 unspecified atom stereocenters. The van der Waals surface area contributed by atoms with E-state index in [1.54, 1.807) is 11.9 Å². The van der Waals surface area contributed by atoms with Gasteiger partial charge in [-0.2, -0.15) is 0 Å². The lowest BCUT2D eigenvalue weighted by Gasteiger charge is -2.35. The number of carbonyl (C=O) groups excluding carboxylic acids is 1. The van der Waals surface area contributed by atoms with Gasteiger partial charge >= 0.3 is 6.09 Å². The van der Waals surface area contributed by atoms with E-state index in [4.69, 9.17) is 4.74 Å². The SMILES string of the molecule is CCOC(=O)N1CCN(C(=NC)NCc2ccnc(N(C)C)c2)CC1. The van der Waals surface area contributed by atoms with E-state index in [9.17, 15) is 4.79 Å². The number of anilines is 1. The van der Waals surface area contributed by atoms with Gasteiger partial charge in [0.2, 0.25) is 0 Å². The maximum absolute atomic E-state index is 11.8. The van der Waals surface area contributed by atoms with Crippen molar-refractivity contribution in [3.8, 4) is 0 Å². The Kier molecular flexibility index (Phi) is 6.85. The molecule has 8 heteroatoms. The molecule has 1 N–H and O–H groups in total. The molecule has 2 rings (SSSR count). The van der Waals surface area contributed by atoms with Crippen LogP contribution in [-0.4, -0.2) is 80.8 Å². The monoisotopic (exact) mass is 348 g/mol. The van der Waals surface area contributed by atoms with Crippen LogP contribution in [0.5, 0.6) is 0 Å². The van der Waals surface area contributed by atoms with Crippen molar-refractivity contribution in [1.29, 1.82) is 0 Å². The van der Waals surface area contributed by atoms with Gasteiger partial charge in [-0.15, -0.1) is 0 Å². The van der Waals surface area contributed by atoms with Crippen molar-refractivity contribution in [2.24, 2.45) is 4.99 Å². The van der Waals surface area contributed by atoms with Gasteiger partial charge in [-0.1, -0.05) is 0 Å². The van der Waals surface area contributed by atoms with Crippen LogP contribution in [-0.2, 0) is 11.3 Å². The van der Waals surface area contributed by atoms with Crippen LogP contribution in [0.3, 0.4) is 0 Å². The predicted molar refractivity (Wildman–Crippen MR) is 98.9 cm³/mol. The van der Waals surface area contributed by atoms with Crippen molar-refractivity contribution in [1.82, 2.24) is 20.1 Å². The zero-order chi connectivity index (χ0) is 18.2. The first-order valence-electron chi connectivity index (χ1n) is 8.54. The largest absolute Gasteiger partial charge is 0.450 e. The molecule has 25 heavy (non-hydrogen) atoms. The number of nitrogens with zero attached hydrogens (tertiary/aromatic N) is 5. The summed E-state index contributed by atoms with van der Waals surface area (Å²) in [5.74, 6) is 1.77. The molecule has 1 saturated heterocycles. The van der Waals surface area contributed by atoms with Gasteiger partial charge in [0.15, 0.2) is 5.96 Å². The van der Waals surface area contributed by atoms with E-state index in [-0.39, 0.29) is 6.09 Å². The number of amides is 1. The second-order valence-electron chi connectivity index (χ2n) is 5.99. The first kappa shape index (κ1) is 18.8. The van der Waals surface area contributed by atoms with E-state index in [1.807, 2.05) is 38.2 Å². The maximum atomic E-state index is 11.8. The Labute approximate surface area is 149 Å². The fraction of sp³-hybridized carbons (Fsp3) is 0.588. The first-order valence-corrected chi connectivity index (χ1v) is 8.54. The number of nitrogens with one attached hydrogen (secondary N) is 1. The molecule has 0 radical (unpaired) electrons. The highest BCUT2D eigenvalue weighted by atomic mass is 16.6. The summed E-state index contributed by atoms with van der Waals surface area (Å²) < 4.78 is 5.05. The summed E-state index contributed by atoms with van der Waals surface area (Å²) in [6.07, 6.45) is 1.57. The van der Waals surface area contributed by atoms with E-state index >= 15 is 0 Å². The highest BCUT2D eigenvalue weighted by molar-refractivity contribution is 5.80. The van der Waals surface area contributed by atoms with E-state index in [0.717, 1.165) is 30.4 Å². The van der Waals surface area contributed by atoms with Crippen LogP contribution in [0.2, 0.25) is 0 Å². The molecule has 0 aromatic carbocycles. The summed E-state index contributed by atoms with van der Waals surface area (Å²) in [6.45, 7) is 5.65. The van der Waals surface area contributed by atoms with Crippen LogP contribution >= 0.6 is 0 Å². The number of piperazine rings is 1. The summed E-state index contributed by atoms with van der Waals surface area (Å²) in [7, 11) is 5.72. The van der Waals surface area contributed by atoms with Crippen molar-refractivity contribution in [3.63, 3.8) is 0 Å². The normalized spacial score (nSPS) is 15.1. The van der Waals surface area contributed by atoms with Crippen LogP contribution < -0.4 is 10.2 Å². The van der Waals surface area contributed by atoms with Crippen LogP contribution in [0.15, 0.2) is 23.3 Å². The molecular formula is C17H28N6O2. The Bertz CT molecular complexity index is 597. The molecule has 0 aliphatic carbocycles. The maximum Gasteiger partial charge on any atom is 0.409 e. The molecule has 0 atom stereocenters. The van der Waals surface area contributed by atoms with Crippen molar-refractivity contribution in [2.75, 3.05) is 58.8 Å². The number of ether oxygens (including phenoxy) is 1. The standard InChI is InChI=1S/C17H28N6O2/c1-5-25-17(24)23-10-8-22(9-11-23)16(18-2)20-13-14-6-7-19-15(12-14)21(3)4/h6-7,12H,5,8-11,13H2,1-4H3,(H,18,20). The lowest BCUT2D eigenvalue weighted by molar-refractivity contribution is 0.0914. The second-order valence-corrected chi connectivity index (χ2v) is 5.99. The molecule has 1 aliphatic heterocycles. The Hall–Kier alpha value is -2.51. The van der Waals surface area contributed by atoms with Crippen LogP contribution in [0, 0.1) is 0 Å². The smallest absolute Gasteiger partial charge is 0.409 e. The van der Waals surface area contributed by atoms with Crippen LogP contribution in [0.4, 0.5) is 10.6 Å². The highest BCUT2D eigenvalue weighted by Gasteiger charge is 2.23. The topological polar surface area (TPSA) is 73.3 Å². The molecule has 138 valence electrons. The summed E-state index contributed by atoms with van der Waals surface area (Å²) in [5.41, 5.74) is 1.14. The lowest BCUT2D eigenvalue weighted by atomic mass is 10.2. The number of rotatable bonds is 4. The van der Waals surface area contributed by atoms with Crippen molar-refractivity contribution in [2.45, 2.75) is 13.5 Å². The van der Waals surface area contributed by atoms with Crippen molar-refractivity contribution < 1.29 is 9.53 Å². The van der Waals surface area contributed by atoms with Crippen molar-refractivity contribution in [3.05, 3.63) is 23.9 Å². The summed E-state index contributed by atoms with van der Waals surface area (Å²) >= 11 is 0. The zero-order valence-electron chi connectivity index (χ0n) is 15.5. The minimum absolute atomic E-state index is 0.238. The van der Waals surface area contributed by atoms with Gasteiger partial charge in [-0.05, 0) is 24.6 Å². The Morgan fingerprint density at radius 2 is 2.00 bits per heavy atom. The molecule has 1 amide bonds. The second kappa shape index (κ2) is 9.10. The Balaban J connectivity index is 1.87. The molecule has 0 spiro atoms. The predicted octanol–water partition coefficient (Wildman–Crippen LogP) is 0.997. The third-order valence-electron chi connectivity index (χ3n) is 4.04. The minimum atomic E-state index is -0.238. The lowest BCUT2D eigenvalue weighted by Crippen LogP contribution is -2.53. The molecule has 1 aromatic rings. The fourth-order valence-electron chi connectivity index (χ4n) is 2.64. The quantitative estimate of drug-likeness (QED) is 0.646. The molecular weight excluding hydrogens is 320 g/mol. The molecule has 8 nitrogen and oxygen atoms in total. The highest BCUT2D eigenvalue weighted by Crippen LogP contribution is 2.10. The number of carbonyl (C=O) groups is 1. The minimum Gasteiger partial charge on any atom is -0.450 e. The summed E-state index contributed by atoms with van der Waals surface area (Å²) in [5, 5.41) is 3.39. The molecule has 1 aromatic heterocycles. The molecule has 1 aliphatic rings. The summed E-state index contributed by atoms with van der Waals surface area (Å²) in [4.78, 5) is 26.3. The third kappa shape index (κ3) is 5.23. The van der Waals surface area contributed by atoms with Gasteiger partial charge in [0.1, 0.15) is 5.82 Å². The number of aliphatic imine (C=N–C) groups is 1. The summed E-state index contributed by atoms with van der Waals surface area (Å²) in [6, 6.07) is 4.05. The zero-order valence-corrected chi connectivity index (χ0v) is 15.5. The number of guanidine groups is 1. The van der Waals surface area contributed by atoms with Gasteiger partial charge in [0, 0.05) is 60.1 Å². The molecule has 0 saturated carbocycles. The Morgan fingerprint density at radius 3 is 2.60 bits per heavy atom. The van der Waals surface area contributed by atoms with Gasteiger partial charge in [0.05, 0.1) is 6.61 Å². The number of hydrogen-bond donors (Lipinski definition) is 1. The van der Waals surface area contributed by atoms with Gasteiger partial charge in [-0.3, -0.25) is 4.99 Å². The molecule has 0 bridgehead atoms. The number of hydrogen-bond acceptors (Lipinski definition) is 5. The van der Waals surface area contributed by atoms with Crippen LogP contribution in [0.1, 0.15) is 12.5 Å². The number of aromatic nitrogens is 1. The average molecular weight is 348 g/mol. The average Bonchev–Trinajstić information content (AvgIpc) is 2.63. The van der Waals surface area contributed by atoms with Gasteiger partial charge < -0.3 is 24.8 Å². The fourth-order valence-corrected chi connectivity index (χ4v) is 2.64. The van der Waals surface area contributed by atoms with Gasteiger partial charge in [0.25, 0.3) is 0 Å². The Morgan fingerprint density at radius 1 is 1.32 bits per heavy atom. The van der Waals surface area contributed by atoms with Crippen molar-refractivity contribution >= 4 is 17.9 Å².